The molecule has 2 fully saturated rings. The van der Waals surface area contributed by atoms with Gasteiger partial charge in [-0.25, -0.2) is 4.98 Å². The number of nitrogens with one attached hydrogen (secondary N) is 2. The van der Waals surface area contributed by atoms with Crippen molar-refractivity contribution in [1.82, 2.24) is 25.1 Å². The van der Waals surface area contributed by atoms with Gasteiger partial charge in [0.05, 0.1) is 35.4 Å². The number of amides is 1. The first kappa shape index (κ1) is 36.9. The van der Waals surface area contributed by atoms with Crippen molar-refractivity contribution in [3.8, 4) is 5.75 Å². The zero-order chi connectivity index (χ0) is 35.7. The number of H-pyrrole nitrogens is 1. The highest BCUT2D eigenvalue weighted by molar-refractivity contribution is 7.12. The summed E-state index contributed by atoms with van der Waals surface area (Å²) in [5.74, 6) is 0.0752. The summed E-state index contributed by atoms with van der Waals surface area (Å²) in [5, 5.41) is 17.8. The Kier molecular flexibility index (Phi) is 11.0. The fraction of sp³-hybridized carbons (Fsp3) is 0.541. The number of carbonyl (C=O) groups is 1. The van der Waals surface area contributed by atoms with Gasteiger partial charge in [-0.3, -0.25) is 14.5 Å². The lowest BCUT2D eigenvalue weighted by Crippen LogP contribution is -2.57. The highest BCUT2D eigenvalue weighted by atomic mass is 32.1. The largest absolute Gasteiger partial charge is 0.506 e. The molecular weight excluding hydrogens is 687 g/mol. The van der Waals surface area contributed by atoms with Crippen LogP contribution in [-0.4, -0.2) is 90.6 Å². The lowest BCUT2D eigenvalue weighted by atomic mass is 9.89. The molecule has 0 saturated carbocycles. The van der Waals surface area contributed by atoms with Crippen molar-refractivity contribution in [3.05, 3.63) is 78.2 Å². The molecule has 2 aliphatic rings. The summed E-state index contributed by atoms with van der Waals surface area (Å²) in [5.41, 5.74) is 1.44. The maximum atomic E-state index is 13.1. The van der Waals surface area contributed by atoms with Gasteiger partial charge in [-0.15, -0.1) is 22.7 Å². The first-order valence-electron chi connectivity index (χ1n) is 17.6. The summed E-state index contributed by atoms with van der Waals surface area (Å²) >= 11 is 3.39. The molecule has 1 atom stereocenters. The molecule has 3 aromatic heterocycles. The molecule has 0 bridgehead atoms. The normalized spacial score (nSPS) is 17.8. The van der Waals surface area contributed by atoms with Crippen LogP contribution in [0.5, 0.6) is 5.75 Å². The van der Waals surface area contributed by atoms with Crippen LogP contribution in [0.1, 0.15) is 70.5 Å². The predicted octanol–water partition coefficient (Wildman–Crippen LogP) is 6.46. The number of piperidine rings is 1. The summed E-state index contributed by atoms with van der Waals surface area (Å²) in [7, 11) is -2.14. The number of carbonyl (C=O) groups excluding carboxylic acids is 1. The second-order valence-electron chi connectivity index (χ2n) is 15.3. The van der Waals surface area contributed by atoms with Crippen LogP contribution in [0.15, 0.2) is 46.6 Å². The van der Waals surface area contributed by atoms with Crippen LogP contribution in [0.3, 0.4) is 0 Å². The average molecular weight is 738 g/mol. The number of aromatic nitrogens is 2. The van der Waals surface area contributed by atoms with E-state index in [9.17, 15) is 14.7 Å². The number of aromatic amines is 1. The number of aromatic hydroxyl groups is 1. The van der Waals surface area contributed by atoms with Crippen molar-refractivity contribution >= 4 is 47.8 Å². The van der Waals surface area contributed by atoms with Crippen molar-refractivity contribution in [2.45, 2.75) is 83.3 Å². The van der Waals surface area contributed by atoms with Crippen LogP contribution in [0, 0.1) is 6.92 Å². The van der Waals surface area contributed by atoms with Crippen LogP contribution >= 0.6 is 22.7 Å². The zero-order valence-corrected chi connectivity index (χ0v) is 32.8. The number of likely N-dealkylation sites (tertiary alicyclic amines) is 1. The minimum Gasteiger partial charge on any atom is -0.506 e. The van der Waals surface area contributed by atoms with Crippen LogP contribution in [0.25, 0.3) is 10.9 Å². The van der Waals surface area contributed by atoms with Crippen LogP contribution < -0.4 is 10.9 Å². The summed E-state index contributed by atoms with van der Waals surface area (Å²) in [6.45, 7) is 19.2. The number of thiazole rings is 1. The number of nitrogens with zero attached hydrogens (tertiary/aromatic N) is 3. The van der Waals surface area contributed by atoms with Gasteiger partial charge in [0.15, 0.2) is 8.32 Å². The second-order valence-corrected chi connectivity index (χ2v) is 22.3. The summed E-state index contributed by atoms with van der Waals surface area (Å²) in [6, 6.07) is 11.3. The molecule has 6 rings (SSSR count). The van der Waals surface area contributed by atoms with E-state index in [0.29, 0.717) is 37.5 Å². The highest BCUT2D eigenvalue weighted by Gasteiger charge is 2.42. The van der Waals surface area contributed by atoms with E-state index >= 15 is 0 Å². The van der Waals surface area contributed by atoms with Crippen molar-refractivity contribution in [2.75, 3.05) is 45.9 Å². The van der Waals surface area contributed by atoms with Gasteiger partial charge in [0, 0.05) is 65.9 Å². The molecule has 1 aromatic carbocycles. The summed E-state index contributed by atoms with van der Waals surface area (Å²) in [6.07, 6.45) is 2.51. The van der Waals surface area contributed by atoms with E-state index in [-0.39, 0.29) is 34.0 Å². The molecule has 50 heavy (non-hydrogen) atoms. The van der Waals surface area contributed by atoms with Crippen LogP contribution in [-0.2, 0) is 22.1 Å². The van der Waals surface area contributed by atoms with E-state index in [4.69, 9.17) is 9.16 Å². The second kappa shape index (κ2) is 15.0. The standard InChI is InChI=1S/C37H51N5O5S2Si/c1-25-39-30(23-48-25)35(45)42-19-20-46-37(24-42)14-17-41(18-15-37)22-27-8-7-26(49-27)13-16-38-21-32(47-50(5,6)36(2,3)4)28-9-11-31(43)34-29(28)10-12-33(44)40-34/h7-12,23,32,38,43H,13-22,24H2,1-6H3,(H,40,44)/t32-/m0/s1. The molecule has 4 aromatic rings. The first-order valence-corrected chi connectivity index (χ1v) is 22.2. The number of fused-ring (bicyclic) bond motifs is 1. The quantitative estimate of drug-likeness (QED) is 0.119. The number of morpholine rings is 1. The Morgan fingerprint density at radius 2 is 1.90 bits per heavy atom. The molecule has 5 heterocycles. The summed E-state index contributed by atoms with van der Waals surface area (Å²) in [4.78, 5) is 39.5. The smallest absolute Gasteiger partial charge is 0.273 e. The Balaban J connectivity index is 1.02. The van der Waals surface area contributed by atoms with Crippen molar-refractivity contribution < 1.29 is 19.1 Å². The van der Waals surface area contributed by atoms with Gasteiger partial charge in [-0.1, -0.05) is 26.8 Å². The molecule has 1 amide bonds. The Morgan fingerprint density at radius 1 is 1.14 bits per heavy atom. The Morgan fingerprint density at radius 3 is 2.62 bits per heavy atom. The lowest BCUT2D eigenvalue weighted by molar-refractivity contribution is -0.127. The third-order valence-electron chi connectivity index (χ3n) is 10.6. The number of hydrogen-bond donors (Lipinski definition) is 3. The molecule has 0 aliphatic carbocycles. The Hall–Kier alpha value is -2.91. The minimum atomic E-state index is -2.14. The highest BCUT2D eigenvalue weighted by Crippen LogP contribution is 2.41. The number of ether oxygens (including phenoxy) is 1. The van der Waals surface area contributed by atoms with E-state index in [1.165, 1.54) is 27.2 Å². The maximum Gasteiger partial charge on any atom is 0.273 e. The van der Waals surface area contributed by atoms with E-state index in [1.54, 1.807) is 12.1 Å². The van der Waals surface area contributed by atoms with Gasteiger partial charge in [-0.2, -0.15) is 0 Å². The SMILES string of the molecule is Cc1nc(C(=O)N2CCOC3(CCN(Cc4ccc(CCNC[C@H](O[Si](C)(C)C(C)(C)C)c5ccc(O)c6[nH]c(=O)ccc56)s4)CC3)C2)cs1. The molecule has 3 N–H and O–H groups in total. The summed E-state index contributed by atoms with van der Waals surface area (Å²) < 4.78 is 13.3. The van der Waals surface area contributed by atoms with Gasteiger partial charge in [0.25, 0.3) is 5.91 Å². The van der Waals surface area contributed by atoms with E-state index < -0.39 is 8.32 Å². The number of phenols is 1. The molecule has 0 unspecified atom stereocenters. The zero-order valence-electron chi connectivity index (χ0n) is 30.1. The number of hydrogen-bond acceptors (Lipinski definition) is 10. The maximum absolute atomic E-state index is 13.1. The molecule has 2 aliphatic heterocycles. The average Bonchev–Trinajstić information content (AvgIpc) is 3.72. The number of benzene rings is 1. The molecule has 13 heteroatoms. The van der Waals surface area contributed by atoms with Gasteiger partial charge in [0.1, 0.15) is 11.4 Å². The number of pyridine rings is 1. The molecule has 10 nitrogen and oxygen atoms in total. The van der Waals surface area contributed by atoms with Crippen molar-refractivity contribution in [3.63, 3.8) is 0 Å². The van der Waals surface area contributed by atoms with E-state index in [0.717, 1.165) is 61.4 Å². The lowest BCUT2D eigenvalue weighted by Gasteiger charge is -2.47. The molecule has 0 radical (unpaired) electrons. The first-order chi connectivity index (χ1) is 23.7. The third kappa shape index (κ3) is 8.41. The van der Waals surface area contributed by atoms with Crippen molar-refractivity contribution in [1.29, 1.82) is 0 Å². The predicted molar refractivity (Wildman–Crippen MR) is 204 cm³/mol. The number of aryl methyl sites for hydroxylation is 1. The molecule has 2 saturated heterocycles. The van der Waals surface area contributed by atoms with Gasteiger partial charge in [-0.05, 0) is 74.1 Å². The molecule has 270 valence electrons. The number of phenolic OH excluding ortho intramolecular Hbond substituents is 1. The van der Waals surface area contributed by atoms with Crippen LogP contribution in [0.2, 0.25) is 18.1 Å². The molecular formula is C37H51N5O5S2Si. The van der Waals surface area contributed by atoms with Crippen molar-refractivity contribution in [2.24, 2.45) is 0 Å². The fourth-order valence-electron chi connectivity index (χ4n) is 6.66. The van der Waals surface area contributed by atoms with Gasteiger partial charge in [0.2, 0.25) is 5.56 Å². The Bertz CT molecular complexity index is 1860. The van der Waals surface area contributed by atoms with E-state index in [1.807, 2.05) is 34.6 Å². The Labute approximate surface area is 304 Å². The van der Waals surface area contributed by atoms with E-state index in [2.05, 4.69) is 66.2 Å². The number of rotatable bonds is 11. The minimum absolute atomic E-state index is 0.0186. The number of thiophene rings is 1. The topological polar surface area (TPSA) is 120 Å². The van der Waals surface area contributed by atoms with Crippen LogP contribution in [0.4, 0.5) is 0 Å². The monoisotopic (exact) mass is 737 g/mol. The molecule has 1 spiro atoms. The fourth-order valence-corrected chi connectivity index (χ4v) is 9.58. The third-order valence-corrected chi connectivity index (χ3v) is 17.0. The van der Waals surface area contributed by atoms with Gasteiger partial charge < -0.3 is 29.5 Å². The van der Waals surface area contributed by atoms with Gasteiger partial charge >= 0.3 is 0 Å².